The Hall–Kier alpha value is -1.76. The second kappa shape index (κ2) is 10.2. The van der Waals surface area contributed by atoms with Gasteiger partial charge >= 0.3 is 0 Å². The zero-order valence-electron chi connectivity index (χ0n) is 18.2. The summed E-state index contributed by atoms with van der Waals surface area (Å²) in [5.41, 5.74) is 0.913. The minimum absolute atomic E-state index is 0.132. The highest BCUT2D eigenvalue weighted by Gasteiger charge is 2.40. The Morgan fingerprint density at radius 3 is 2.79 bits per heavy atom. The predicted octanol–water partition coefficient (Wildman–Crippen LogP) is 3.74. The van der Waals surface area contributed by atoms with Crippen LogP contribution in [0.15, 0.2) is 39.5 Å². The lowest BCUT2D eigenvalue weighted by Gasteiger charge is -2.20. The monoisotopic (exact) mass is 529 g/mol. The van der Waals surface area contributed by atoms with Crippen LogP contribution in [0, 0.1) is 0 Å². The number of sulfonamides is 1. The Balaban J connectivity index is 1.70. The van der Waals surface area contributed by atoms with Crippen LogP contribution in [-0.2, 0) is 26.1 Å². The van der Waals surface area contributed by atoms with E-state index in [0.29, 0.717) is 47.5 Å². The fourth-order valence-corrected chi connectivity index (χ4v) is 8.13. The molecule has 12 heteroatoms. The van der Waals surface area contributed by atoms with Crippen LogP contribution in [0.2, 0.25) is 4.34 Å². The van der Waals surface area contributed by atoms with Crippen molar-refractivity contribution < 1.29 is 22.7 Å². The summed E-state index contributed by atoms with van der Waals surface area (Å²) in [5, 5.41) is 0. The molecule has 0 N–H and O–H groups in total. The quantitative estimate of drug-likeness (QED) is 0.415. The molecule has 0 aliphatic carbocycles. The molecule has 1 atom stereocenters. The molecular weight excluding hydrogens is 506 g/mol. The smallest absolute Gasteiger partial charge is 0.266 e. The Morgan fingerprint density at radius 2 is 2.09 bits per heavy atom. The van der Waals surface area contributed by atoms with Gasteiger partial charge in [0.25, 0.3) is 15.9 Å². The largest absolute Gasteiger partial charge is 0.497 e. The summed E-state index contributed by atoms with van der Waals surface area (Å²) < 4.78 is 41.7. The molecular formula is C21H24ClN3O5S3. The van der Waals surface area contributed by atoms with Gasteiger partial charge in [-0.3, -0.25) is 4.79 Å². The maximum absolute atomic E-state index is 13.2. The van der Waals surface area contributed by atoms with Crippen molar-refractivity contribution >= 4 is 60.4 Å². The third-order valence-electron chi connectivity index (χ3n) is 5.36. The van der Waals surface area contributed by atoms with Gasteiger partial charge in [-0.25, -0.2) is 8.42 Å². The van der Waals surface area contributed by atoms with Gasteiger partial charge in [0.2, 0.25) is 0 Å². The molecule has 33 heavy (non-hydrogen) atoms. The number of nitrogens with zero attached hydrogens (tertiary/aromatic N) is 3. The average Bonchev–Trinajstić information content (AvgIpc) is 3.52. The number of rotatable bonds is 8. The normalized spacial score (nSPS) is 17.8. The van der Waals surface area contributed by atoms with Gasteiger partial charge in [-0.1, -0.05) is 22.9 Å². The van der Waals surface area contributed by atoms with Crippen molar-refractivity contribution in [1.29, 1.82) is 0 Å². The molecule has 1 fully saturated rings. The van der Waals surface area contributed by atoms with E-state index in [2.05, 4.69) is 4.99 Å². The number of hydrogen-bond acceptors (Lipinski definition) is 7. The number of carbonyl (C=O) groups is 1. The number of ether oxygens (including phenoxy) is 2. The summed E-state index contributed by atoms with van der Waals surface area (Å²) in [6.07, 6.45) is 1.02. The Kier molecular flexibility index (Phi) is 7.56. The molecule has 2 aromatic heterocycles. The number of aromatic nitrogens is 1. The van der Waals surface area contributed by atoms with E-state index in [1.165, 1.54) is 21.7 Å². The van der Waals surface area contributed by atoms with Gasteiger partial charge in [0, 0.05) is 19.7 Å². The number of hydrogen-bond donors (Lipinski definition) is 0. The highest BCUT2D eigenvalue weighted by Crippen LogP contribution is 2.32. The summed E-state index contributed by atoms with van der Waals surface area (Å²) in [4.78, 5) is 18.1. The Labute approximate surface area is 205 Å². The van der Waals surface area contributed by atoms with Gasteiger partial charge in [0.05, 0.1) is 28.3 Å². The SMILES string of the molecule is CCOCCn1c(=NC(=O)C2CCCN2S(=O)(=O)c2ccc(Cl)s2)sc2cc(OC)ccc21. The Bertz CT molecular complexity index is 1330. The molecule has 3 heterocycles. The minimum Gasteiger partial charge on any atom is -0.497 e. The number of thiazole rings is 1. The van der Waals surface area contributed by atoms with E-state index in [1.807, 2.05) is 29.7 Å². The molecule has 1 amide bonds. The number of methoxy groups -OCH3 is 1. The van der Waals surface area contributed by atoms with Gasteiger partial charge in [-0.15, -0.1) is 11.3 Å². The van der Waals surface area contributed by atoms with Crippen molar-refractivity contribution in [3.63, 3.8) is 0 Å². The van der Waals surface area contributed by atoms with Crippen LogP contribution >= 0.6 is 34.3 Å². The van der Waals surface area contributed by atoms with Crippen molar-refractivity contribution in [3.05, 3.63) is 39.5 Å². The second-order valence-electron chi connectivity index (χ2n) is 7.35. The molecule has 1 aromatic carbocycles. The lowest BCUT2D eigenvalue weighted by atomic mass is 10.2. The van der Waals surface area contributed by atoms with Crippen molar-refractivity contribution in [2.75, 3.05) is 26.9 Å². The van der Waals surface area contributed by atoms with Gasteiger partial charge in [0.1, 0.15) is 16.0 Å². The minimum atomic E-state index is -3.82. The number of fused-ring (bicyclic) bond motifs is 1. The highest BCUT2D eigenvalue weighted by atomic mass is 35.5. The van der Waals surface area contributed by atoms with Gasteiger partial charge in [-0.05, 0) is 50.1 Å². The zero-order valence-corrected chi connectivity index (χ0v) is 21.4. The van der Waals surface area contributed by atoms with Crippen LogP contribution in [-0.4, -0.2) is 56.1 Å². The molecule has 1 unspecified atom stereocenters. The first-order valence-corrected chi connectivity index (χ1v) is 13.9. The van der Waals surface area contributed by atoms with E-state index in [-0.39, 0.29) is 10.8 Å². The van der Waals surface area contributed by atoms with E-state index in [0.717, 1.165) is 21.6 Å². The number of benzene rings is 1. The fourth-order valence-electron chi connectivity index (χ4n) is 3.78. The van der Waals surface area contributed by atoms with Crippen molar-refractivity contribution in [2.24, 2.45) is 4.99 Å². The number of halogens is 1. The third kappa shape index (κ3) is 5.03. The number of carbonyl (C=O) groups excluding carboxylic acids is 1. The van der Waals surface area contributed by atoms with E-state index >= 15 is 0 Å². The molecule has 8 nitrogen and oxygen atoms in total. The standard InChI is InChI=1S/C21H24ClN3O5S3/c1-3-30-12-11-24-15-7-6-14(29-2)13-17(15)31-21(24)23-20(26)16-5-4-10-25(16)33(27,28)19-9-8-18(22)32-19/h6-9,13,16H,3-5,10-12H2,1-2H3. The maximum atomic E-state index is 13.2. The Morgan fingerprint density at radius 1 is 1.27 bits per heavy atom. The summed E-state index contributed by atoms with van der Waals surface area (Å²) in [6, 6.07) is 7.86. The predicted molar refractivity (Wildman–Crippen MR) is 130 cm³/mol. The van der Waals surface area contributed by atoms with Gasteiger partial charge < -0.3 is 14.0 Å². The second-order valence-corrected chi connectivity index (χ2v) is 12.2. The van der Waals surface area contributed by atoms with E-state index in [9.17, 15) is 13.2 Å². The molecule has 1 aliphatic heterocycles. The van der Waals surface area contributed by atoms with Crippen LogP contribution in [0.25, 0.3) is 10.2 Å². The van der Waals surface area contributed by atoms with Gasteiger partial charge in [-0.2, -0.15) is 9.30 Å². The summed E-state index contributed by atoms with van der Waals surface area (Å²) in [5.74, 6) is 0.240. The molecule has 0 spiro atoms. The highest BCUT2D eigenvalue weighted by molar-refractivity contribution is 7.91. The van der Waals surface area contributed by atoms with Crippen LogP contribution < -0.4 is 9.54 Å². The molecule has 3 aromatic rings. The summed E-state index contributed by atoms with van der Waals surface area (Å²) >= 11 is 8.29. The van der Waals surface area contributed by atoms with Crippen molar-refractivity contribution in [3.8, 4) is 5.75 Å². The van der Waals surface area contributed by atoms with E-state index in [1.54, 1.807) is 13.2 Å². The van der Waals surface area contributed by atoms with Crippen LogP contribution in [0.4, 0.5) is 0 Å². The van der Waals surface area contributed by atoms with Crippen LogP contribution in [0.3, 0.4) is 0 Å². The molecule has 1 saturated heterocycles. The first-order chi connectivity index (χ1) is 15.8. The van der Waals surface area contributed by atoms with Crippen LogP contribution in [0.5, 0.6) is 5.75 Å². The third-order valence-corrected chi connectivity index (χ3v) is 10.0. The summed E-state index contributed by atoms with van der Waals surface area (Å²) in [7, 11) is -2.22. The number of thiophene rings is 1. The average molecular weight is 530 g/mol. The maximum Gasteiger partial charge on any atom is 0.266 e. The lowest BCUT2D eigenvalue weighted by Crippen LogP contribution is -2.40. The van der Waals surface area contributed by atoms with E-state index < -0.39 is 22.0 Å². The molecule has 4 rings (SSSR count). The zero-order chi connectivity index (χ0) is 23.6. The van der Waals surface area contributed by atoms with E-state index in [4.69, 9.17) is 21.1 Å². The molecule has 0 bridgehead atoms. The lowest BCUT2D eigenvalue weighted by molar-refractivity contribution is -0.121. The number of amides is 1. The van der Waals surface area contributed by atoms with Crippen molar-refractivity contribution in [2.45, 2.75) is 36.6 Å². The van der Waals surface area contributed by atoms with Crippen LogP contribution in [0.1, 0.15) is 19.8 Å². The summed E-state index contributed by atoms with van der Waals surface area (Å²) in [6.45, 7) is 3.78. The first kappa shape index (κ1) is 24.4. The van der Waals surface area contributed by atoms with Crippen molar-refractivity contribution in [1.82, 2.24) is 8.87 Å². The topological polar surface area (TPSA) is 90.2 Å². The fraction of sp³-hybridized carbons (Fsp3) is 0.429. The van der Waals surface area contributed by atoms with Gasteiger partial charge in [0.15, 0.2) is 4.80 Å². The first-order valence-electron chi connectivity index (χ1n) is 10.5. The molecule has 0 saturated carbocycles. The molecule has 0 radical (unpaired) electrons. The molecule has 178 valence electrons. The molecule has 1 aliphatic rings.